The zero-order valence-electron chi connectivity index (χ0n) is 12.0. The fraction of sp³-hybridized carbons (Fsp3) is 0.600. The molecule has 2 unspecified atom stereocenters. The van der Waals surface area contributed by atoms with Crippen LogP contribution in [0.2, 0.25) is 0 Å². The molecule has 19 heavy (non-hydrogen) atoms. The molecular weight excluding hydrogens is 240 g/mol. The third kappa shape index (κ3) is 3.19. The van der Waals surface area contributed by atoms with E-state index in [1.807, 2.05) is 13.1 Å². The van der Waals surface area contributed by atoms with Gasteiger partial charge >= 0.3 is 0 Å². The molecule has 0 aliphatic carbocycles. The molecule has 1 aliphatic rings. The van der Waals surface area contributed by atoms with Crippen LogP contribution in [0.5, 0.6) is 5.75 Å². The van der Waals surface area contributed by atoms with Crippen molar-refractivity contribution in [1.82, 2.24) is 4.90 Å². The van der Waals surface area contributed by atoms with E-state index < -0.39 is 6.10 Å². The van der Waals surface area contributed by atoms with E-state index >= 15 is 0 Å². The topological polar surface area (TPSA) is 46.9 Å². The number of nitrogens with zero attached hydrogens (tertiary/aromatic N) is 2. The number of phenolic OH excluding ortho intramolecular Hbond substituents is 1. The lowest BCUT2D eigenvalue weighted by molar-refractivity contribution is 0.195. The molecule has 0 bridgehead atoms. The predicted octanol–water partition coefficient (Wildman–Crippen LogP) is 1.98. The molecule has 106 valence electrons. The van der Waals surface area contributed by atoms with E-state index in [0.717, 1.165) is 12.2 Å². The fourth-order valence-electron chi connectivity index (χ4n) is 2.75. The van der Waals surface area contributed by atoms with Gasteiger partial charge in [-0.3, -0.25) is 0 Å². The summed E-state index contributed by atoms with van der Waals surface area (Å²) in [7, 11) is 4.21. The third-order valence-corrected chi connectivity index (χ3v) is 4.06. The molecule has 0 aromatic heterocycles. The average molecular weight is 264 g/mol. The van der Waals surface area contributed by atoms with Crippen LogP contribution < -0.4 is 4.90 Å². The first kappa shape index (κ1) is 14.2. The first-order valence-electron chi connectivity index (χ1n) is 6.91. The summed E-state index contributed by atoms with van der Waals surface area (Å²) < 4.78 is 0. The van der Waals surface area contributed by atoms with Crippen LogP contribution >= 0.6 is 0 Å². The smallest absolute Gasteiger partial charge is 0.123 e. The number of benzene rings is 1. The highest BCUT2D eigenvalue weighted by Crippen LogP contribution is 2.29. The van der Waals surface area contributed by atoms with Crippen molar-refractivity contribution in [2.24, 2.45) is 0 Å². The molecule has 1 saturated heterocycles. The predicted molar refractivity (Wildman–Crippen MR) is 77.7 cm³/mol. The molecule has 1 aromatic rings. The molecule has 2 rings (SSSR count). The van der Waals surface area contributed by atoms with Crippen molar-refractivity contribution in [1.29, 1.82) is 0 Å². The number of rotatable bonds is 4. The van der Waals surface area contributed by atoms with E-state index in [9.17, 15) is 10.2 Å². The second kappa shape index (κ2) is 5.80. The molecule has 1 fully saturated rings. The first-order valence-corrected chi connectivity index (χ1v) is 6.91. The number of phenols is 1. The molecule has 0 saturated carbocycles. The molecule has 2 N–H and O–H groups in total. The highest BCUT2D eigenvalue weighted by molar-refractivity contribution is 5.53. The van der Waals surface area contributed by atoms with Crippen LogP contribution in [0.25, 0.3) is 0 Å². The average Bonchev–Trinajstić information content (AvgIpc) is 2.74. The van der Waals surface area contributed by atoms with Crippen LogP contribution in [-0.2, 0) is 0 Å². The summed E-state index contributed by atoms with van der Waals surface area (Å²) in [5.74, 6) is 0.166. The zero-order valence-corrected chi connectivity index (χ0v) is 12.0. The monoisotopic (exact) mass is 264 g/mol. The lowest BCUT2D eigenvalue weighted by atomic mass is 10.1. The summed E-state index contributed by atoms with van der Waals surface area (Å²) in [6.07, 6.45) is 1.86. The van der Waals surface area contributed by atoms with Crippen molar-refractivity contribution >= 4 is 5.69 Å². The molecule has 0 radical (unpaired) electrons. The number of aromatic hydroxyl groups is 1. The van der Waals surface area contributed by atoms with Crippen LogP contribution in [0.3, 0.4) is 0 Å². The van der Waals surface area contributed by atoms with Gasteiger partial charge in [-0.2, -0.15) is 0 Å². The van der Waals surface area contributed by atoms with Crippen LogP contribution in [0, 0.1) is 0 Å². The number of hydrogen-bond donors (Lipinski definition) is 2. The van der Waals surface area contributed by atoms with Crippen LogP contribution in [0.1, 0.15) is 31.4 Å². The Morgan fingerprint density at radius 1 is 1.47 bits per heavy atom. The summed E-state index contributed by atoms with van der Waals surface area (Å²) in [6, 6.07) is 6.07. The van der Waals surface area contributed by atoms with Gasteiger partial charge < -0.3 is 20.0 Å². The highest BCUT2D eigenvalue weighted by Gasteiger charge is 2.22. The van der Waals surface area contributed by atoms with Gasteiger partial charge in [-0.25, -0.2) is 0 Å². The second-order valence-electron chi connectivity index (χ2n) is 5.58. The van der Waals surface area contributed by atoms with Gasteiger partial charge in [0.2, 0.25) is 0 Å². The normalized spacial score (nSPS) is 21.6. The van der Waals surface area contributed by atoms with Crippen LogP contribution in [-0.4, -0.2) is 48.3 Å². The summed E-state index contributed by atoms with van der Waals surface area (Å²) in [5, 5.41) is 19.4. The molecule has 1 aliphatic heterocycles. The van der Waals surface area contributed by atoms with Gasteiger partial charge in [0.25, 0.3) is 0 Å². The highest BCUT2D eigenvalue weighted by atomic mass is 16.3. The molecule has 1 heterocycles. The Balaban J connectivity index is 2.07. The Morgan fingerprint density at radius 3 is 2.74 bits per heavy atom. The van der Waals surface area contributed by atoms with Crippen LogP contribution in [0.15, 0.2) is 18.2 Å². The van der Waals surface area contributed by atoms with Gasteiger partial charge in [-0.05, 0) is 39.4 Å². The van der Waals surface area contributed by atoms with Gasteiger partial charge in [0.1, 0.15) is 5.75 Å². The molecule has 4 nitrogen and oxygen atoms in total. The first-order chi connectivity index (χ1) is 8.99. The Morgan fingerprint density at radius 2 is 2.21 bits per heavy atom. The largest absolute Gasteiger partial charge is 0.507 e. The fourth-order valence-corrected chi connectivity index (χ4v) is 2.75. The summed E-state index contributed by atoms with van der Waals surface area (Å²) in [5.41, 5.74) is 1.57. The van der Waals surface area contributed by atoms with Gasteiger partial charge in [0.05, 0.1) is 6.10 Å². The van der Waals surface area contributed by atoms with Crippen molar-refractivity contribution in [2.45, 2.75) is 31.9 Å². The lowest BCUT2D eigenvalue weighted by Gasteiger charge is -2.27. The molecule has 0 spiro atoms. The Bertz CT molecular complexity index is 434. The molecule has 0 amide bonds. The number of likely N-dealkylation sites (tertiary alicyclic amines) is 1. The standard InChI is InChI=1S/C15H24N2O2/c1-11(18)14-7-6-12(9-15(14)19)17(3)10-13-5-4-8-16(13)2/h6-7,9,11,13,18-19H,4-5,8,10H2,1-3H3. The number of anilines is 1. The van der Waals surface area contributed by atoms with E-state index in [0.29, 0.717) is 11.6 Å². The number of likely N-dealkylation sites (N-methyl/N-ethyl adjacent to an activating group) is 2. The maximum atomic E-state index is 9.93. The van der Waals surface area contributed by atoms with E-state index in [-0.39, 0.29) is 5.75 Å². The van der Waals surface area contributed by atoms with E-state index in [1.54, 1.807) is 19.1 Å². The van der Waals surface area contributed by atoms with Gasteiger partial charge in [0.15, 0.2) is 0 Å². The lowest BCUT2D eigenvalue weighted by Crippen LogP contribution is -2.36. The Kier molecular flexibility index (Phi) is 4.32. The number of hydrogen-bond acceptors (Lipinski definition) is 4. The van der Waals surface area contributed by atoms with E-state index in [1.165, 1.54) is 19.4 Å². The van der Waals surface area contributed by atoms with E-state index in [4.69, 9.17) is 0 Å². The third-order valence-electron chi connectivity index (χ3n) is 4.06. The van der Waals surface area contributed by atoms with Crippen molar-refractivity contribution in [3.05, 3.63) is 23.8 Å². The Labute approximate surface area is 115 Å². The minimum Gasteiger partial charge on any atom is -0.507 e. The van der Waals surface area contributed by atoms with Gasteiger partial charge in [-0.15, -0.1) is 0 Å². The molecule has 1 aromatic carbocycles. The SMILES string of the molecule is CC(O)c1ccc(N(C)CC2CCCN2C)cc1O. The minimum atomic E-state index is -0.639. The maximum Gasteiger partial charge on any atom is 0.123 e. The van der Waals surface area contributed by atoms with Crippen molar-refractivity contribution in [3.63, 3.8) is 0 Å². The minimum absolute atomic E-state index is 0.166. The maximum absolute atomic E-state index is 9.93. The van der Waals surface area contributed by atoms with E-state index in [2.05, 4.69) is 16.8 Å². The summed E-state index contributed by atoms with van der Waals surface area (Å²) in [4.78, 5) is 4.55. The quantitative estimate of drug-likeness (QED) is 0.873. The molecular formula is C15H24N2O2. The summed E-state index contributed by atoms with van der Waals surface area (Å²) in [6.45, 7) is 3.79. The number of aliphatic hydroxyl groups excluding tert-OH is 1. The van der Waals surface area contributed by atoms with Crippen LogP contribution in [0.4, 0.5) is 5.69 Å². The zero-order chi connectivity index (χ0) is 14.0. The second-order valence-corrected chi connectivity index (χ2v) is 5.58. The van der Waals surface area contributed by atoms with Crippen molar-refractivity contribution in [3.8, 4) is 5.75 Å². The summed E-state index contributed by atoms with van der Waals surface area (Å²) >= 11 is 0. The number of aliphatic hydroxyl groups is 1. The molecule has 4 heteroatoms. The molecule has 2 atom stereocenters. The van der Waals surface area contributed by atoms with Gasteiger partial charge in [0, 0.05) is 37.0 Å². The Hall–Kier alpha value is -1.26. The van der Waals surface area contributed by atoms with Crippen molar-refractivity contribution < 1.29 is 10.2 Å². The van der Waals surface area contributed by atoms with Gasteiger partial charge in [-0.1, -0.05) is 6.07 Å². The van der Waals surface area contributed by atoms with Crippen molar-refractivity contribution in [2.75, 3.05) is 32.1 Å².